The summed E-state index contributed by atoms with van der Waals surface area (Å²) in [6.45, 7) is 0.894. The fourth-order valence-electron chi connectivity index (χ4n) is 2.64. The number of benzene rings is 1. The topological polar surface area (TPSA) is 58.0 Å². The van der Waals surface area contributed by atoms with Crippen LogP contribution in [0.3, 0.4) is 0 Å². The monoisotopic (exact) mass is 257 g/mol. The summed E-state index contributed by atoms with van der Waals surface area (Å²) >= 11 is 0. The number of para-hydroxylation sites is 1. The van der Waals surface area contributed by atoms with E-state index in [0.29, 0.717) is 11.9 Å². The Morgan fingerprint density at radius 1 is 1.16 bits per heavy atom. The van der Waals surface area contributed by atoms with E-state index in [0.717, 1.165) is 43.1 Å². The highest BCUT2D eigenvalue weighted by atomic mass is 16.3. The highest BCUT2D eigenvalue weighted by Crippen LogP contribution is 2.24. The van der Waals surface area contributed by atoms with E-state index in [1.165, 1.54) is 0 Å². The van der Waals surface area contributed by atoms with Crippen LogP contribution in [0, 0.1) is 5.92 Å². The number of nitrogens with one attached hydrogen (secondary N) is 1. The lowest BCUT2D eigenvalue weighted by Crippen LogP contribution is -2.24. The number of aliphatic hydroxyl groups is 1. The summed E-state index contributed by atoms with van der Waals surface area (Å²) in [5.74, 6) is 1.32. The van der Waals surface area contributed by atoms with Crippen molar-refractivity contribution in [3.8, 4) is 0 Å². The Kier molecular flexibility index (Phi) is 3.60. The van der Waals surface area contributed by atoms with Crippen LogP contribution in [0.4, 0.5) is 5.95 Å². The Labute approximate surface area is 112 Å². The summed E-state index contributed by atoms with van der Waals surface area (Å²) in [4.78, 5) is 8.84. The molecule has 1 aromatic heterocycles. The fraction of sp³-hybridized carbons (Fsp3) is 0.467. The van der Waals surface area contributed by atoms with Gasteiger partial charge < -0.3 is 10.4 Å². The van der Waals surface area contributed by atoms with Crippen LogP contribution in [0.25, 0.3) is 10.9 Å². The van der Waals surface area contributed by atoms with Gasteiger partial charge in [0.15, 0.2) is 0 Å². The van der Waals surface area contributed by atoms with Crippen molar-refractivity contribution in [1.82, 2.24) is 9.97 Å². The molecule has 0 saturated heterocycles. The van der Waals surface area contributed by atoms with Gasteiger partial charge in [-0.15, -0.1) is 0 Å². The van der Waals surface area contributed by atoms with Gasteiger partial charge in [-0.2, -0.15) is 0 Å². The van der Waals surface area contributed by atoms with Crippen LogP contribution in [-0.4, -0.2) is 27.7 Å². The van der Waals surface area contributed by atoms with Crippen molar-refractivity contribution in [3.63, 3.8) is 0 Å². The molecular formula is C15H19N3O. The molecule has 0 atom stereocenters. The number of fused-ring (bicyclic) bond motifs is 1. The molecule has 0 spiro atoms. The van der Waals surface area contributed by atoms with E-state index in [-0.39, 0.29) is 6.10 Å². The first-order valence-electron chi connectivity index (χ1n) is 6.95. The van der Waals surface area contributed by atoms with Crippen LogP contribution in [0.15, 0.2) is 30.5 Å². The fourth-order valence-corrected chi connectivity index (χ4v) is 2.64. The quantitative estimate of drug-likeness (QED) is 0.887. The molecule has 1 heterocycles. The van der Waals surface area contributed by atoms with Crippen molar-refractivity contribution in [2.45, 2.75) is 31.8 Å². The van der Waals surface area contributed by atoms with Crippen LogP contribution < -0.4 is 5.32 Å². The molecule has 0 bridgehead atoms. The summed E-state index contributed by atoms with van der Waals surface area (Å²) in [7, 11) is 0. The lowest BCUT2D eigenvalue weighted by Gasteiger charge is -2.25. The second-order valence-corrected chi connectivity index (χ2v) is 5.31. The first kappa shape index (κ1) is 12.4. The average molecular weight is 257 g/mol. The van der Waals surface area contributed by atoms with Gasteiger partial charge >= 0.3 is 0 Å². The summed E-state index contributed by atoms with van der Waals surface area (Å²) < 4.78 is 0. The predicted molar refractivity (Wildman–Crippen MR) is 76.0 cm³/mol. The summed E-state index contributed by atoms with van der Waals surface area (Å²) in [5, 5.41) is 13.9. The predicted octanol–water partition coefficient (Wildman–Crippen LogP) is 2.59. The molecule has 1 aromatic carbocycles. The average Bonchev–Trinajstić information content (AvgIpc) is 2.46. The molecule has 0 unspecified atom stereocenters. The van der Waals surface area contributed by atoms with E-state index in [9.17, 15) is 5.11 Å². The molecule has 1 fully saturated rings. The molecule has 0 amide bonds. The maximum Gasteiger partial charge on any atom is 0.223 e. The second kappa shape index (κ2) is 5.53. The smallest absolute Gasteiger partial charge is 0.223 e. The van der Waals surface area contributed by atoms with Crippen molar-refractivity contribution in [1.29, 1.82) is 0 Å². The third-order valence-electron chi connectivity index (χ3n) is 3.85. The van der Waals surface area contributed by atoms with Crippen molar-refractivity contribution >= 4 is 16.9 Å². The molecule has 3 rings (SSSR count). The Morgan fingerprint density at radius 2 is 1.95 bits per heavy atom. The van der Waals surface area contributed by atoms with Gasteiger partial charge in [-0.25, -0.2) is 9.97 Å². The Morgan fingerprint density at radius 3 is 2.79 bits per heavy atom. The molecule has 4 heteroatoms. The van der Waals surface area contributed by atoms with Gasteiger partial charge in [-0.05, 0) is 37.7 Å². The van der Waals surface area contributed by atoms with Crippen molar-refractivity contribution in [2.75, 3.05) is 11.9 Å². The first-order chi connectivity index (χ1) is 9.31. The molecule has 0 aliphatic heterocycles. The van der Waals surface area contributed by atoms with Gasteiger partial charge in [0.05, 0.1) is 11.6 Å². The van der Waals surface area contributed by atoms with E-state index in [2.05, 4.69) is 15.3 Å². The van der Waals surface area contributed by atoms with Gasteiger partial charge in [0, 0.05) is 18.1 Å². The molecule has 2 aromatic rings. The van der Waals surface area contributed by atoms with Gasteiger partial charge in [-0.3, -0.25) is 0 Å². The first-order valence-corrected chi connectivity index (χ1v) is 6.95. The normalized spacial score (nSPS) is 23.4. The van der Waals surface area contributed by atoms with E-state index in [1.54, 1.807) is 0 Å². The Hall–Kier alpha value is -1.68. The molecule has 100 valence electrons. The minimum atomic E-state index is -0.0897. The van der Waals surface area contributed by atoms with E-state index in [4.69, 9.17) is 0 Å². The lowest BCUT2D eigenvalue weighted by atomic mass is 9.87. The van der Waals surface area contributed by atoms with Crippen LogP contribution in [0.2, 0.25) is 0 Å². The van der Waals surface area contributed by atoms with Gasteiger partial charge in [-0.1, -0.05) is 18.2 Å². The number of rotatable bonds is 3. The molecule has 0 radical (unpaired) electrons. The molecule has 1 aliphatic carbocycles. The number of hydrogen-bond donors (Lipinski definition) is 2. The number of nitrogens with zero attached hydrogens (tertiary/aromatic N) is 2. The Bertz CT molecular complexity index is 550. The van der Waals surface area contributed by atoms with Crippen LogP contribution in [0.1, 0.15) is 25.7 Å². The summed E-state index contributed by atoms with van der Waals surface area (Å²) in [6.07, 6.45) is 5.78. The number of anilines is 1. The highest BCUT2D eigenvalue weighted by molar-refractivity contribution is 5.78. The third-order valence-corrected chi connectivity index (χ3v) is 3.85. The van der Waals surface area contributed by atoms with E-state index >= 15 is 0 Å². The minimum Gasteiger partial charge on any atom is -0.393 e. The van der Waals surface area contributed by atoms with E-state index in [1.807, 2.05) is 30.5 Å². The second-order valence-electron chi connectivity index (χ2n) is 5.31. The summed E-state index contributed by atoms with van der Waals surface area (Å²) in [5.41, 5.74) is 0.971. The zero-order valence-corrected chi connectivity index (χ0v) is 10.9. The van der Waals surface area contributed by atoms with Gasteiger partial charge in [0.25, 0.3) is 0 Å². The van der Waals surface area contributed by atoms with Crippen molar-refractivity contribution < 1.29 is 5.11 Å². The molecule has 1 aliphatic rings. The molecule has 2 N–H and O–H groups in total. The lowest BCUT2D eigenvalue weighted by molar-refractivity contribution is 0.111. The zero-order valence-electron chi connectivity index (χ0n) is 10.9. The standard InChI is InChI=1S/C15H19N3O/c19-13-7-5-11(6-8-13)9-16-15-17-10-12-3-1-2-4-14(12)18-15/h1-4,10-11,13,19H,5-9H2,(H,16,17,18). The van der Waals surface area contributed by atoms with E-state index < -0.39 is 0 Å². The highest BCUT2D eigenvalue weighted by Gasteiger charge is 2.19. The van der Waals surface area contributed by atoms with Gasteiger partial charge in [0.1, 0.15) is 0 Å². The van der Waals surface area contributed by atoms with Crippen molar-refractivity contribution in [2.24, 2.45) is 5.92 Å². The van der Waals surface area contributed by atoms with Crippen LogP contribution in [0.5, 0.6) is 0 Å². The summed E-state index contributed by atoms with van der Waals surface area (Å²) in [6, 6.07) is 7.99. The SMILES string of the molecule is OC1CCC(CNc2ncc3ccccc3n2)CC1. The number of hydrogen-bond acceptors (Lipinski definition) is 4. The third kappa shape index (κ3) is 3.01. The minimum absolute atomic E-state index is 0.0897. The van der Waals surface area contributed by atoms with Crippen LogP contribution >= 0.6 is 0 Å². The van der Waals surface area contributed by atoms with Gasteiger partial charge in [0.2, 0.25) is 5.95 Å². The molecular weight excluding hydrogens is 238 g/mol. The maximum atomic E-state index is 9.49. The Balaban J connectivity index is 1.62. The number of aliphatic hydroxyl groups excluding tert-OH is 1. The van der Waals surface area contributed by atoms with Crippen molar-refractivity contribution in [3.05, 3.63) is 30.5 Å². The zero-order chi connectivity index (χ0) is 13.1. The molecule has 4 nitrogen and oxygen atoms in total. The molecule has 19 heavy (non-hydrogen) atoms. The van der Waals surface area contributed by atoms with Crippen LogP contribution in [-0.2, 0) is 0 Å². The largest absolute Gasteiger partial charge is 0.393 e. The number of aromatic nitrogens is 2. The maximum absolute atomic E-state index is 9.49. The molecule has 1 saturated carbocycles.